The number of ether oxygens (including phenoxy) is 6. The van der Waals surface area contributed by atoms with E-state index in [0.29, 0.717) is 50.1 Å². The van der Waals surface area contributed by atoms with Crippen LogP contribution in [0.4, 0.5) is 17.6 Å². The summed E-state index contributed by atoms with van der Waals surface area (Å²) in [5, 5.41) is 0. The highest BCUT2D eigenvalue weighted by Gasteiger charge is 2.33. The molecule has 2 saturated heterocycles. The van der Waals surface area contributed by atoms with Crippen molar-refractivity contribution in [1.82, 2.24) is 0 Å². The second kappa shape index (κ2) is 19.3. The van der Waals surface area contributed by atoms with Crippen molar-refractivity contribution in [2.75, 3.05) is 26.4 Å². The van der Waals surface area contributed by atoms with Crippen molar-refractivity contribution >= 4 is 0 Å². The molecule has 49 heavy (non-hydrogen) atoms. The molecule has 0 atom stereocenters. The molecule has 6 nitrogen and oxygen atoms in total. The molecule has 0 aromatic heterocycles. The third-order valence-electron chi connectivity index (χ3n) is 11.0. The molecule has 4 fully saturated rings. The van der Waals surface area contributed by atoms with Gasteiger partial charge in [-0.3, -0.25) is 0 Å². The van der Waals surface area contributed by atoms with Crippen LogP contribution in [0.15, 0.2) is 48.5 Å². The molecule has 0 amide bonds. The van der Waals surface area contributed by atoms with Gasteiger partial charge in [0.25, 0.3) is 0 Å². The molecular formula is C39H54F4O6. The molecule has 0 bridgehead atoms. The van der Waals surface area contributed by atoms with E-state index >= 15 is 0 Å². The maximum Gasteiger partial charge on any atom is 0.387 e. The van der Waals surface area contributed by atoms with Gasteiger partial charge in [-0.2, -0.15) is 17.6 Å². The lowest BCUT2D eigenvalue weighted by atomic mass is 9.75. The first kappa shape index (κ1) is 37.8. The predicted octanol–water partition coefficient (Wildman–Crippen LogP) is 10.7. The van der Waals surface area contributed by atoms with Crippen LogP contribution < -0.4 is 9.47 Å². The first-order valence-electron chi connectivity index (χ1n) is 18.4. The Kier molecular flexibility index (Phi) is 14.9. The molecule has 0 N–H and O–H groups in total. The monoisotopic (exact) mass is 694 g/mol. The minimum Gasteiger partial charge on any atom is -0.435 e. The number of rotatable bonds is 11. The van der Waals surface area contributed by atoms with Crippen LogP contribution >= 0.6 is 0 Å². The normalized spacial score (nSPS) is 30.8. The number of benzene rings is 2. The van der Waals surface area contributed by atoms with Gasteiger partial charge in [-0.15, -0.1) is 0 Å². The topological polar surface area (TPSA) is 55.4 Å². The minimum atomic E-state index is -2.80. The molecule has 2 saturated carbocycles. The molecule has 274 valence electrons. The van der Waals surface area contributed by atoms with E-state index in [0.717, 1.165) is 23.0 Å². The lowest BCUT2D eigenvalue weighted by Crippen LogP contribution is -2.34. The predicted molar refractivity (Wildman–Crippen MR) is 179 cm³/mol. The second-order valence-corrected chi connectivity index (χ2v) is 14.2. The summed E-state index contributed by atoms with van der Waals surface area (Å²) in [4.78, 5) is 0. The van der Waals surface area contributed by atoms with Crippen LogP contribution in [-0.2, 0) is 18.9 Å². The Morgan fingerprint density at radius 1 is 0.531 bits per heavy atom. The number of alkyl halides is 4. The lowest BCUT2D eigenvalue weighted by molar-refractivity contribution is -0.215. The molecule has 0 spiro atoms. The van der Waals surface area contributed by atoms with E-state index in [2.05, 4.69) is 23.3 Å². The molecule has 0 unspecified atom stereocenters. The van der Waals surface area contributed by atoms with Gasteiger partial charge in [0.1, 0.15) is 11.5 Å². The van der Waals surface area contributed by atoms with Gasteiger partial charge in [-0.25, -0.2) is 0 Å². The zero-order valence-corrected chi connectivity index (χ0v) is 29.0. The fraction of sp³-hybridized carbons (Fsp3) is 0.692. The Morgan fingerprint density at radius 3 is 1.22 bits per heavy atom. The molecule has 0 radical (unpaired) electrons. The fourth-order valence-corrected chi connectivity index (χ4v) is 8.00. The highest BCUT2D eigenvalue weighted by Crippen LogP contribution is 2.40. The van der Waals surface area contributed by atoms with E-state index in [-0.39, 0.29) is 11.5 Å². The van der Waals surface area contributed by atoms with E-state index < -0.39 is 25.8 Å². The van der Waals surface area contributed by atoms with Crippen LogP contribution in [0.25, 0.3) is 0 Å². The Labute approximate surface area is 289 Å². The smallest absolute Gasteiger partial charge is 0.387 e. The van der Waals surface area contributed by atoms with Gasteiger partial charge >= 0.3 is 13.2 Å². The maximum absolute atomic E-state index is 12.2. The largest absolute Gasteiger partial charge is 0.435 e. The Balaban J connectivity index is 0.000000191. The summed E-state index contributed by atoms with van der Waals surface area (Å²) >= 11 is 0. The molecule has 2 heterocycles. The molecule has 2 aliphatic carbocycles. The molecule has 6 rings (SSSR count). The van der Waals surface area contributed by atoms with Gasteiger partial charge in [0.05, 0.1) is 26.4 Å². The van der Waals surface area contributed by atoms with Crippen LogP contribution in [0.2, 0.25) is 0 Å². The summed E-state index contributed by atoms with van der Waals surface area (Å²) in [5.74, 6) is 4.46. The highest BCUT2D eigenvalue weighted by molar-refractivity contribution is 5.29. The second-order valence-electron chi connectivity index (χ2n) is 14.2. The minimum absolute atomic E-state index is 0.148. The van der Waals surface area contributed by atoms with Gasteiger partial charge in [-0.05, 0) is 73.6 Å². The number of hydrogen-bond acceptors (Lipinski definition) is 6. The third-order valence-corrected chi connectivity index (χ3v) is 11.0. The molecule has 10 heteroatoms. The average Bonchev–Trinajstić information content (AvgIpc) is 3.13. The van der Waals surface area contributed by atoms with Crippen molar-refractivity contribution in [2.24, 2.45) is 35.5 Å². The molecule has 2 aromatic carbocycles. The van der Waals surface area contributed by atoms with E-state index in [9.17, 15) is 17.6 Å². The SMILES string of the molecule is CCC[C@H]1CC[C@H](C2COC(c3ccc(OC(F)F)cc3)OC2)CC1.CC[C@H]1CC[C@H](C2COC(c3ccc(OC(F)F)cc3)OC2)CC1. The lowest BCUT2D eigenvalue weighted by Gasteiger charge is -2.37. The van der Waals surface area contributed by atoms with Gasteiger partial charge in [0.15, 0.2) is 12.6 Å². The van der Waals surface area contributed by atoms with Gasteiger partial charge < -0.3 is 28.4 Å². The van der Waals surface area contributed by atoms with Crippen molar-refractivity contribution in [3.05, 3.63) is 59.7 Å². The van der Waals surface area contributed by atoms with Crippen molar-refractivity contribution in [3.63, 3.8) is 0 Å². The van der Waals surface area contributed by atoms with Crippen molar-refractivity contribution < 1.29 is 46.0 Å². The van der Waals surface area contributed by atoms with Gasteiger partial charge in [0, 0.05) is 23.0 Å². The van der Waals surface area contributed by atoms with E-state index in [1.165, 1.54) is 94.9 Å². The van der Waals surface area contributed by atoms with Crippen LogP contribution in [-0.4, -0.2) is 39.7 Å². The first-order valence-corrected chi connectivity index (χ1v) is 18.4. The van der Waals surface area contributed by atoms with Crippen LogP contribution in [0.1, 0.15) is 108 Å². The zero-order chi connectivity index (χ0) is 34.6. The highest BCUT2D eigenvalue weighted by atomic mass is 19.3. The first-order chi connectivity index (χ1) is 23.8. The molecule has 2 aromatic rings. The van der Waals surface area contributed by atoms with E-state index in [1.807, 2.05) is 0 Å². The molecule has 2 aliphatic heterocycles. The Morgan fingerprint density at radius 2 is 0.898 bits per heavy atom. The summed E-state index contributed by atoms with van der Waals surface area (Å²) in [6, 6.07) is 13.0. The standard InChI is InChI=1S/C20H28F2O3.C19H26F2O3/c1-2-3-14-4-6-15(7-5-14)17-12-23-19(24-13-17)16-8-10-18(11-9-16)25-20(21)22;1-2-13-3-5-14(6-4-13)16-11-22-18(23-12-16)15-7-9-17(10-8-15)24-19(20)21/h8-11,14-15,17,19-20H,2-7,12-13H2,1H3;7-10,13-14,16,18-19H,2-6,11-12H2,1H3/t14-,15-,17?,19?;13-,14-,16?,18?. The Hall–Kier alpha value is -2.40. The number of halogens is 4. The van der Waals surface area contributed by atoms with Gasteiger partial charge in [0.2, 0.25) is 0 Å². The summed E-state index contributed by atoms with van der Waals surface area (Å²) in [6.07, 6.45) is 13.6. The maximum atomic E-state index is 12.2. The quantitative estimate of drug-likeness (QED) is 0.218. The summed E-state index contributed by atoms with van der Waals surface area (Å²) in [6.45, 7) is 1.78. The number of hydrogen-bond donors (Lipinski definition) is 0. The van der Waals surface area contributed by atoms with E-state index in [1.54, 1.807) is 24.3 Å². The summed E-state index contributed by atoms with van der Waals surface area (Å²) in [5.41, 5.74) is 1.68. The van der Waals surface area contributed by atoms with Crippen LogP contribution in [0.5, 0.6) is 11.5 Å². The average molecular weight is 695 g/mol. The van der Waals surface area contributed by atoms with Crippen molar-refractivity contribution in [3.8, 4) is 11.5 Å². The molecular weight excluding hydrogens is 640 g/mol. The van der Waals surface area contributed by atoms with Crippen LogP contribution in [0.3, 0.4) is 0 Å². The van der Waals surface area contributed by atoms with Crippen molar-refractivity contribution in [1.29, 1.82) is 0 Å². The summed E-state index contributed by atoms with van der Waals surface area (Å²) in [7, 11) is 0. The third kappa shape index (κ3) is 11.6. The molecule has 4 aliphatic rings. The Bertz CT molecular complexity index is 1180. The van der Waals surface area contributed by atoms with Crippen molar-refractivity contribution in [2.45, 2.75) is 110 Å². The van der Waals surface area contributed by atoms with E-state index in [4.69, 9.17) is 18.9 Å². The van der Waals surface area contributed by atoms with Crippen LogP contribution in [0, 0.1) is 35.5 Å². The zero-order valence-electron chi connectivity index (χ0n) is 29.0. The fourth-order valence-electron chi connectivity index (χ4n) is 8.00. The van der Waals surface area contributed by atoms with Gasteiger partial charge in [-0.1, -0.05) is 83.1 Å². The summed E-state index contributed by atoms with van der Waals surface area (Å²) < 4.78 is 81.1.